The van der Waals surface area contributed by atoms with Gasteiger partial charge in [-0.25, -0.2) is 0 Å². The summed E-state index contributed by atoms with van der Waals surface area (Å²) in [5.41, 5.74) is -0.129. The summed E-state index contributed by atoms with van der Waals surface area (Å²) in [7, 11) is 1.65. The van der Waals surface area contributed by atoms with Crippen LogP contribution in [0.5, 0.6) is 0 Å². The Balaban J connectivity index is 2.96. The average Bonchev–Trinajstić information content (AvgIpc) is 2.11. The zero-order chi connectivity index (χ0) is 11.5. The van der Waals surface area contributed by atoms with E-state index in [1.54, 1.807) is 7.11 Å². The fraction of sp³-hybridized carbons (Fsp3) is 0.750. The van der Waals surface area contributed by atoms with E-state index in [1.165, 1.54) is 0 Å². The highest BCUT2D eigenvalue weighted by Gasteiger charge is 2.39. The normalized spacial score (nSPS) is 32.8. The van der Waals surface area contributed by atoms with Gasteiger partial charge in [-0.3, -0.25) is 4.79 Å². The molecule has 0 radical (unpaired) electrons. The summed E-state index contributed by atoms with van der Waals surface area (Å²) in [6.45, 7) is 4.14. The van der Waals surface area contributed by atoms with Gasteiger partial charge in [0.2, 0.25) is 5.24 Å². The summed E-state index contributed by atoms with van der Waals surface area (Å²) in [5, 5.41) is -0.276. The first-order valence-corrected chi connectivity index (χ1v) is 5.74. The molecule has 0 unspecified atom stereocenters. The lowest BCUT2D eigenvalue weighted by Crippen LogP contribution is -2.39. The first kappa shape index (κ1) is 12.7. The summed E-state index contributed by atoms with van der Waals surface area (Å²) >= 11 is 5.70. The third-order valence-electron chi connectivity index (χ3n) is 3.19. The monoisotopic (exact) mass is 230 g/mol. The van der Waals surface area contributed by atoms with E-state index in [4.69, 9.17) is 16.3 Å². The van der Waals surface area contributed by atoms with E-state index in [2.05, 4.69) is 26.0 Å². The van der Waals surface area contributed by atoms with Crippen molar-refractivity contribution < 1.29 is 9.53 Å². The van der Waals surface area contributed by atoms with E-state index in [0.717, 1.165) is 19.3 Å². The van der Waals surface area contributed by atoms with Crippen LogP contribution >= 0.6 is 11.6 Å². The lowest BCUT2D eigenvalue weighted by Gasteiger charge is -2.37. The predicted molar refractivity (Wildman–Crippen MR) is 61.9 cm³/mol. The van der Waals surface area contributed by atoms with Crippen molar-refractivity contribution in [3.05, 3.63) is 12.2 Å². The lowest BCUT2D eigenvalue weighted by molar-refractivity contribution is -0.125. The fourth-order valence-electron chi connectivity index (χ4n) is 2.27. The van der Waals surface area contributed by atoms with Gasteiger partial charge in [0.15, 0.2) is 0 Å². The molecule has 0 fully saturated rings. The second kappa shape index (κ2) is 5.13. The molecule has 15 heavy (non-hydrogen) atoms. The quantitative estimate of drug-likeness (QED) is 0.538. The maximum absolute atomic E-state index is 11.5. The molecule has 0 aromatic heterocycles. The highest BCUT2D eigenvalue weighted by molar-refractivity contribution is 6.64. The summed E-state index contributed by atoms with van der Waals surface area (Å²) in [6.07, 6.45) is 6.92. The van der Waals surface area contributed by atoms with Crippen LogP contribution < -0.4 is 0 Å². The van der Waals surface area contributed by atoms with E-state index >= 15 is 0 Å². The van der Waals surface area contributed by atoms with E-state index < -0.39 is 0 Å². The molecule has 0 saturated heterocycles. The minimum atomic E-state index is -0.276. The summed E-state index contributed by atoms with van der Waals surface area (Å²) < 4.78 is 5.40. The molecule has 2 atom stereocenters. The number of hydrogen-bond acceptors (Lipinski definition) is 2. The van der Waals surface area contributed by atoms with Crippen molar-refractivity contribution in [3.8, 4) is 0 Å². The Bertz CT molecular complexity index is 258. The molecular weight excluding hydrogens is 212 g/mol. The SMILES string of the molecule is CO[C@@H]1CC/C=C\CC(C)(C)[C@@H]1C(=O)Cl. The minimum absolute atomic E-state index is 0.0602. The number of carbonyl (C=O) groups excluding carboxylic acids is 1. The molecule has 0 aliphatic heterocycles. The van der Waals surface area contributed by atoms with Gasteiger partial charge >= 0.3 is 0 Å². The molecule has 1 aliphatic rings. The number of methoxy groups -OCH3 is 1. The van der Waals surface area contributed by atoms with Gasteiger partial charge in [0.05, 0.1) is 12.0 Å². The van der Waals surface area contributed by atoms with E-state index in [1.807, 2.05) is 0 Å². The van der Waals surface area contributed by atoms with Crippen LogP contribution in [0.15, 0.2) is 12.2 Å². The highest BCUT2D eigenvalue weighted by Crippen LogP contribution is 2.38. The van der Waals surface area contributed by atoms with Crippen molar-refractivity contribution >= 4 is 16.8 Å². The van der Waals surface area contributed by atoms with Crippen molar-refractivity contribution in [2.45, 2.75) is 39.2 Å². The van der Waals surface area contributed by atoms with Crippen LogP contribution in [0, 0.1) is 11.3 Å². The van der Waals surface area contributed by atoms with Crippen molar-refractivity contribution in [3.63, 3.8) is 0 Å². The fourth-order valence-corrected chi connectivity index (χ4v) is 2.71. The first-order chi connectivity index (χ1) is 6.99. The van der Waals surface area contributed by atoms with Crippen molar-refractivity contribution in [2.75, 3.05) is 7.11 Å². The largest absolute Gasteiger partial charge is 0.381 e. The third-order valence-corrected chi connectivity index (χ3v) is 3.42. The first-order valence-electron chi connectivity index (χ1n) is 5.36. The highest BCUT2D eigenvalue weighted by atomic mass is 35.5. The Morgan fingerprint density at radius 3 is 2.67 bits per heavy atom. The molecular formula is C12H19ClO2. The Labute approximate surface area is 96.6 Å². The number of ether oxygens (including phenoxy) is 1. The van der Waals surface area contributed by atoms with Gasteiger partial charge in [-0.15, -0.1) is 0 Å². The molecule has 86 valence electrons. The van der Waals surface area contributed by atoms with Crippen LogP contribution in [0.3, 0.4) is 0 Å². The van der Waals surface area contributed by atoms with Gasteiger partial charge < -0.3 is 4.74 Å². The maximum Gasteiger partial charge on any atom is 0.227 e. The Morgan fingerprint density at radius 2 is 2.13 bits per heavy atom. The number of carbonyl (C=O) groups is 1. The second-order valence-electron chi connectivity index (χ2n) is 4.80. The smallest absolute Gasteiger partial charge is 0.227 e. The van der Waals surface area contributed by atoms with Gasteiger partial charge in [0.1, 0.15) is 0 Å². The Hall–Kier alpha value is -0.340. The van der Waals surface area contributed by atoms with Crippen LogP contribution in [0.25, 0.3) is 0 Å². The predicted octanol–water partition coefficient (Wildman–Crippen LogP) is 3.15. The van der Waals surface area contributed by atoms with E-state index in [-0.39, 0.29) is 22.7 Å². The summed E-state index contributed by atoms with van der Waals surface area (Å²) in [4.78, 5) is 11.5. The van der Waals surface area contributed by atoms with Crippen LogP contribution in [-0.4, -0.2) is 18.5 Å². The molecule has 0 aromatic rings. The molecule has 1 aliphatic carbocycles. The molecule has 0 heterocycles. The van der Waals surface area contributed by atoms with Crippen LogP contribution in [0.1, 0.15) is 33.1 Å². The van der Waals surface area contributed by atoms with Gasteiger partial charge in [0, 0.05) is 7.11 Å². The number of hydrogen-bond donors (Lipinski definition) is 0. The number of halogens is 1. The molecule has 0 bridgehead atoms. The molecule has 1 rings (SSSR count). The topological polar surface area (TPSA) is 26.3 Å². The second-order valence-corrected chi connectivity index (χ2v) is 5.17. The van der Waals surface area contributed by atoms with Crippen LogP contribution in [0.4, 0.5) is 0 Å². The van der Waals surface area contributed by atoms with Crippen molar-refractivity contribution in [1.29, 1.82) is 0 Å². The van der Waals surface area contributed by atoms with Gasteiger partial charge in [0.25, 0.3) is 0 Å². The molecule has 0 aromatic carbocycles. The molecule has 3 heteroatoms. The number of rotatable bonds is 2. The minimum Gasteiger partial charge on any atom is -0.381 e. The van der Waals surface area contributed by atoms with Crippen LogP contribution in [0.2, 0.25) is 0 Å². The standard InChI is InChI=1S/C12H19ClO2/c1-12(2)8-6-4-5-7-9(15-3)10(12)11(13)14/h4,6,9-10H,5,7-8H2,1-3H3/b6-4-/t9-,10+/m1/s1. The molecule has 0 spiro atoms. The average molecular weight is 231 g/mol. The maximum atomic E-state index is 11.5. The van der Waals surface area contributed by atoms with E-state index in [9.17, 15) is 4.79 Å². The number of allylic oxidation sites excluding steroid dienone is 2. The van der Waals surface area contributed by atoms with Crippen molar-refractivity contribution in [2.24, 2.45) is 11.3 Å². The van der Waals surface area contributed by atoms with Crippen LogP contribution in [-0.2, 0) is 9.53 Å². The lowest BCUT2D eigenvalue weighted by atomic mass is 9.72. The Morgan fingerprint density at radius 1 is 1.47 bits per heavy atom. The molecule has 2 nitrogen and oxygen atoms in total. The van der Waals surface area contributed by atoms with E-state index in [0.29, 0.717) is 0 Å². The third kappa shape index (κ3) is 3.05. The zero-order valence-corrected chi connectivity index (χ0v) is 10.4. The molecule has 0 N–H and O–H groups in total. The Kier molecular flexibility index (Phi) is 4.35. The molecule has 0 amide bonds. The summed E-state index contributed by atoms with van der Waals surface area (Å²) in [6, 6.07) is 0. The van der Waals surface area contributed by atoms with Crippen molar-refractivity contribution in [1.82, 2.24) is 0 Å². The van der Waals surface area contributed by atoms with Gasteiger partial charge in [-0.05, 0) is 36.3 Å². The van der Waals surface area contributed by atoms with Gasteiger partial charge in [-0.1, -0.05) is 26.0 Å². The molecule has 0 saturated carbocycles. The summed E-state index contributed by atoms with van der Waals surface area (Å²) in [5.74, 6) is -0.214. The van der Waals surface area contributed by atoms with Gasteiger partial charge in [-0.2, -0.15) is 0 Å². The zero-order valence-electron chi connectivity index (χ0n) is 9.63.